The van der Waals surface area contributed by atoms with Crippen molar-refractivity contribution in [2.45, 2.75) is 0 Å². The number of halogens is 1. The molecule has 0 aliphatic carbocycles. The molecule has 5 nitrogen and oxygen atoms in total. The van der Waals surface area contributed by atoms with E-state index in [1.807, 2.05) is 0 Å². The van der Waals surface area contributed by atoms with Gasteiger partial charge in [0.25, 0.3) is 0 Å². The number of aromatic nitrogens is 2. The van der Waals surface area contributed by atoms with Crippen LogP contribution >= 0.6 is 0 Å². The summed E-state index contributed by atoms with van der Waals surface area (Å²) in [5.74, 6) is 0.551. The Kier molecular flexibility index (Phi) is 2.93. The van der Waals surface area contributed by atoms with Crippen LogP contribution in [0.3, 0.4) is 0 Å². The zero-order valence-electron chi connectivity index (χ0n) is 9.60. The van der Waals surface area contributed by atoms with Gasteiger partial charge in [0.05, 0.1) is 13.2 Å². The maximum absolute atomic E-state index is 13.1. The molecule has 1 saturated heterocycles. The molecule has 18 heavy (non-hydrogen) atoms. The molecule has 94 valence electrons. The van der Waals surface area contributed by atoms with E-state index in [1.54, 1.807) is 12.1 Å². The van der Waals surface area contributed by atoms with Crippen LogP contribution in [-0.2, 0) is 4.74 Å². The van der Waals surface area contributed by atoms with Gasteiger partial charge in [0.2, 0.25) is 5.82 Å². The minimum Gasteiger partial charge on any atom is -0.381 e. The molecule has 3 rings (SSSR count). The molecule has 1 fully saturated rings. The van der Waals surface area contributed by atoms with Gasteiger partial charge in [0.1, 0.15) is 5.82 Å². The van der Waals surface area contributed by atoms with E-state index < -0.39 is 0 Å². The van der Waals surface area contributed by atoms with Crippen LogP contribution in [0.4, 0.5) is 10.4 Å². The Balaban J connectivity index is 1.68. The van der Waals surface area contributed by atoms with Gasteiger partial charge in [-0.3, -0.25) is 0 Å². The first kappa shape index (κ1) is 11.2. The predicted molar refractivity (Wildman–Crippen MR) is 62.5 cm³/mol. The molecule has 6 heteroatoms. The number of ether oxygens (including phenoxy) is 1. The first-order valence-electron chi connectivity index (χ1n) is 5.72. The van der Waals surface area contributed by atoms with Gasteiger partial charge in [0.15, 0.2) is 0 Å². The molecular weight excluding hydrogens is 237 g/mol. The number of hydrogen-bond acceptors (Lipinski definition) is 5. The average Bonchev–Trinajstić information content (AvgIpc) is 2.76. The van der Waals surface area contributed by atoms with Crippen molar-refractivity contribution in [1.29, 1.82) is 0 Å². The highest BCUT2D eigenvalue weighted by Crippen LogP contribution is 2.19. The van der Waals surface area contributed by atoms with E-state index in [4.69, 9.17) is 9.26 Å². The minimum absolute atomic E-state index is 0.321. The zero-order valence-corrected chi connectivity index (χ0v) is 9.60. The quantitative estimate of drug-likeness (QED) is 0.897. The fraction of sp³-hybridized carbons (Fsp3) is 0.333. The van der Waals surface area contributed by atoms with Crippen molar-refractivity contribution in [3.63, 3.8) is 0 Å². The van der Waals surface area contributed by atoms with Crippen LogP contribution in [0.5, 0.6) is 0 Å². The van der Waals surface area contributed by atoms with Crippen molar-refractivity contribution in [2.75, 3.05) is 25.1 Å². The Morgan fingerprint density at radius 2 is 2.28 bits per heavy atom. The predicted octanol–water partition coefficient (Wildman–Crippen LogP) is 1.93. The van der Waals surface area contributed by atoms with E-state index in [-0.39, 0.29) is 5.82 Å². The molecule has 1 aliphatic rings. The molecule has 0 bridgehead atoms. The van der Waals surface area contributed by atoms with E-state index in [0.717, 1.165) is 19.8 Å². The Bertz CT molecular complexity index is 540. The maximum Gasteiger partial charge on any atom is 0.321 e. The van der Waals surface area contributed by atoms with Crippen LogP contribution in [0.15, 0.2) is 28.8 Å². The van der Waals surface area contributed by atoms with E-state index in [0.29, 0.717) is 23.3 Å². The third kappa shape index (κ3) is 2.33. The maximum atomic E-state index is 13.1. The van der Waals surface area contributed by atoms with Gasteiger partial charge in [-0.2, -0.15) is 4.98 Å². The van der Waals surface area contributed by atoms with Crippen molar-refractivity contribution in [2.24, 2.45) is 5.92 Å². The largest absolute Gasteiger partial charge is 0.381 e. The normalized spacial score (nSPS) is 15.4. The molecule has 1 aliphatic heterocycles. The van der Waals surface area contributed by atoms with Gasteiger partial charge in [0, 0.05) is 18.0 Å². The summed E-state index contributed by atoms with van der Waals surface area (Å²) in [6, 6.07) is 6.44. The molecule has 2 aromatic rings. The third-order valence-electron chi connectivity index (χ3n) is 2.76. The van der Waals surface area contributed by atoms with Crippen LogP contribution in [0.2, 0.25) is 0 Å². The summed E-state index contributed by atoms with van der Waals surface area (Å²) in [6.07, 6.45) is 0. The standard InChI is InChI=1S/C12H12FN3O2/c13-10-3-1-2-9(4-10)11-15-12(18-16-11)14-5-8-6-17-7-8/h1-4,8H,5-7H2,(H,14,15,16). The van der Waals surface area contributed by atoms with Crippen LogP contribution in [0.1, 0.15) is 0 Å². The van der Waals surface area contributed by atoms with Crippen molar-refractivity contribution in [3.05, 3.63) is 30.1 Å². The lowest BCUT2D eigenvalue weighted by Crippen LogP contribution is -2.33. The number of rotatable bonds is 4. The van der Waals surface area contributed by atoms with E-state index in [2.05, 4.69) is 15.5 Å². The van der Waals surface area contributed by atoms with Crippen LogP contribution in [-0.4, -0.2) is 29.9 Å². The molecule has 0 radical (unpaired) electrons. The summed E-state index contributed by atoms with van der Waals surface area (Å²) >= 11 is 0. The molecule has 2 heterocycles. The van der Waals surface area contributed by atoms with Gasteiger partial charge in [-0.15, -0.1) is 0 Å². The highest BCUT2D eigenvalue weighted by atomic mass is 19.1. The van der Waals surface area contributed by atoms with Crippen LogP contribution in [0, 0.1) is 11.7 Å². The number of hydrogen-bond donors (Lipinski definition) is 1. The van der Waals surface area contributed by atoms with E-state index in [1.165, 1.54) is 12.1 Å². The van der Waals surface area contributed by atoms with E-state index in [9.17, 15) is 4.39 Å². The minimum atomic E-state index is -0.321. The molecule has 0 atom stereocenters. The Labute approximate surface area is 103 Å². The lowest BCUT2D eigenvalue weighted by Gasteiger charge is -2.25. The topological polar surface area (TPSA) is 60.2 Å². The lowest BCUT2D eigenvalue weighted by atomic mass is 10.1. The second kappa shape index (κ2) is 4.73. The highest BCUT2D eigenvalue weighted by Gasteiger charge is 2.19. The van der Waals surface area contributed by atoms with Crippen molar-refractivity contribution < 1.29 is 13.7 Å². The SMILES string of the molecule is Fc1cccc(-c2noc(NCC3COC3)n2)c1. The Morgan fingerprint density at radius 1 is 1.39 bits per heavy atom. The second-order valence-corrected chi connectivity index (χ2v) is 4.22. The van der Waals surface area contributed by atoms with Crippen molar-refractivity contribution in [1.82, 2.24) is 10.1 Å². The number of benzene rings is 1. The molecule has 1 N–H and O–H groups in total. The summed E-state index contributed by atoms with van der Waals surface area (Å²) in [4.78, 5) is 4.16. The molecule has 0 unspecified atom stereocenters. The first-order chi connectivity index (χ1) is 8.81. The van der Waals surface area contributed by atoms with Crippen LogP contribution < -0.4 is 5.32 Å². The smallest absolute Gasteiger partial charge is 0.321 e. The average molecular weight is 249 g/mol. The molecule has 1 aromatic carbocycles. The summed E-state index contributed by atoms with van der Waals surface area (Å²) in [5, 5.41) is 6.84. The third-order valence-corrected chi connectivity index (χ3v) is 2.76. The fourth-order valence-corrected chi connectivity index (χ4v) is 1.67. The highest BCUT2D eigenvalue weighted by molar-refractivity contribution is 5.55. The monoisotopic (exact) mass is 249 g/mol. The fourth-order valence-electron chi connectivity index (χ4n) is 1.67. The molecule has 0 amide bonds. The lowest BCUT2D eigenvalue weighted by molar-refractivity contribution is -0.0250. The summed E-state index contributed by atoms with van der Waals surface area (Å²) in [5.41, 5.74) is 0.596. The van der Waals surface area contributed by atoms with Crippen LogP contribution in [0.25, 0.3) is 11.4 Å². The summed E-state index contributed by atoms with van der Waals surface area (Å²) in [7, 11) is 0. The second-order valence-electron chi connectivity index (χ2n) is 4.22. The van der Waals surface area contributed by atoms with Gasteiger partial charge < -0.3 is 14.6 Å². The number of anilines is 1. The van der Waals surface area contributed by atoms with Gasteiger partial charge in [-0.05, 0) is 12.1 Å². The van der Waals surface area contributed by atoms with Gasteiger partial charge in [-0.25, -0.2) is 4.39 Å². The first-order valence-corrected chi connectivity index (χ1v) is 5.72. The molecular formula is C12H12FN3O2. The summed E-state index contributed by atoms with van der Waals surface area (Å²) < 4.78 is 23.2. The Hall–Kier alpha value is -1.95. The Morgan fingerprint density at radius 3 is 3.00 bits per heavy atom. The summed E-state index contributed by atoms with van der Waals surface area (Å²) in [6.45, 7) is 2.26. The zero-order chi connectivity index (χ0) is 12.4. The molecule has 0 spiro atoms. The van der Waals surface area contributed by atoms with E-state index >= 15 is 0 Å². The molecule has 1 aromatic heterocycles. The number of nitrogens with zero attached hydrogens (tertiary/aromatic N) is 2. The van der Waals surface area contributed by atoms with Gasteiger partial charge >= 0.3 is 6.01 Å². The van der Waals surface area contributed by atoms with Gasteiger partial charge in [-0.1, -0.05) is 17.3 Å². The number of nitrogens with one attached hydrogen (secondary N) is 1. The van der Waals surface area contributed by atoms with Crippen molar-refractivity contribution in [3.8, 4) is 11.4 Å². The van der Waals surface area contributed by atoms with Crippen molar-refractivity contribution >= 4 is 6.01 Å². The molecule has 0 saturated carbocycles.